The summed E-state index contributed by atoms with van der Waals surface area (Å²) in [6.45, 7) is 4.99. The van der Waals surface area contributed by atoms with Gasteiger partial charge in [-0.05, 0) is 53.1 Å². The van der Waals surface area contributed by atoms with Gasteiger partial charge in [0.1, 0.15) is 5.82 Å². The molecule has 1 N–H and O–H groups in total. The van der Waals surface area contributed by atoms with Crippen LogP contribution < -0.4 is 10.2 Å². The summed E-state index contributed by atoms with van der Waals surface area (Å²) in [5.41, 5.74) is 3.03. The van der Waals surface area contributed by atoms with Crippen LogP contribution in [0.1, 0.15) is 6.92 Å². The largest absolute Gasteiger partial charge is 0.366 e. The minimum Gasteiger partial charge on any atom is -0.366 e. The third kappa shape index (κ3) is 2.65. The Bertz CT molecular complexity index is 553. The summed E-state index contributed by atoms with van der Waals surface area (Å²) in [7, 11) is 0. The van der Waals surface area contributed by atoms with Gasteiger partial charge in [0.25, 0.3) is 0 Å². The van der Waals surface area contributed by atoms with E-state index in [1.807, 2.05) is 11.4 Å². The third-order valence-electron chi connectivity index (χ3n) is 3.57. The van der Waals surface area contributed by atoms with Gasteiger partial charge >= 0.3 is 0 Å². The predicted molar refractivity (Wildman–Crippen MR) is 79.4 cm³/mol. The monoisotopic (exact) mass is 276 g/mol. The highest BCUT2D eigenvalue weighted by Crippen LogP contribution is 2.29. The average molecular weight is 276 g/mol. The summed E-state index contributed by atoms with van der Waals surface area (Å²) in [5.74, 6) is -0.163. The van der Waals surface area contributed by atoms with Crippen LogP contribution >= 0.6 is 11.3 Å². The van der Waals surface area contributed by atoms with Gasteiger partial charge in [0.2, 0.25) is 0 Å². The molecule has 0 spiro atoms. The first-order chi connectivity index (χ1) is 9.24. The van der Waals surface area contributed by atoms with Crippen molar-refractivity contribution in [2.45, 2.75) is 13.0 Å². The van der Waals surface area contributed by atoms with Crippen LogP contribution in [0, 0.1) is 5.82 Å². The highest BCUT2D eigenvalue weighted by atomic mass is 32.1. The molecule has 1 aliphatic rings. The molecule has 2 nitrogen and oxygen atoms in total. The number of benzene rings is 1. The summed E-state index contributed by atoms with van der Waals surface area (Å²) in [5, 5.41) is 7.43. The Balaban J connectivity index is 1.97. The van der Waals surface area contributed by atoms with E-state index in [1.165, 1.54) is 0 Å². The second kappa shape index (κ2) is 5.31. The van der Waals surface area contributed by atoms with E-state index in [2.05, 4.69) is 28.6 Å². The van der Waals surface area contributed by atoms with E-state index in [9.17, 15) is 4.39 Å². The number of nitrogens with zero attached hydrogens (tertiary/aromatic N) is 1. The molecule has 100 valence electrons. The van der Waals surface area contributed by atoms with Gasteiger partial charge in [-0.25, -0.2) is 4.39 Å². The number of halogens is 1. The number of anilines is 1. The lowest BCUT2D eigenvalue weighted by molar-refractivity contribution is 0.499. The highest BCUT2D eigenvalue weighted by Gasteiger charge is 2.19. The van der Waals surface area contributed by atoms with Gasteiger partial charge in [-0.15, -0.1) is 0 Å². The quantitative estimate of drug-likeness (QED) is 0.905. The Labute approximate surface area is 116 Å². The highest BCUT2D eigenvalue weighted by molar-refractivity contribution is 7.08. The molecule has 1 saturated heterocycles. The van der Waals surface area contributed by atoms with Crippen LogP contribution in [0.4, 0.5) is 10.1 Å². The number of hydrogen-bond acceptors (Lipinski definition) is 3. The molecule has 3 rings (SSSR count). The Morgan fingerprint density at radius 3 is 2.95 bits per heavy atom. The molecule has 0 aliphatic carbocycles. The zero-order valence-electron chi connectivity index (χ0n) is 10.9. The zero-order chi connectivity index (χ0) is 13.2. The molecule has 1 fully saturated rings. The van der Waals surface area contributed by atoms with E-state index < -0.39 is 0 Å². The molecule has 1 atom stereocenters. The fraction of sp³-hybridized carbons (Fsp3) is 0.333. The Morgan fingerprint density at radius 1 is 1.32 bits per heavy atom. The molecule has 1 unspecified atom stereocenters. The SMILES string of the molecule is CC1CNCCN1c1cc(F)cc(-c2ccsc2)c1. The van der Waals surface area contributed by atoms with Crippen LogP contribution in [-0.4, -0.2) is 25.7 Å². The van der Waals surface area contributed by atoms with E-state index in [0.717, 1.165) is 36.4 Å². The van der Waals surface area contributed by atoms with Crippen molar-refractivity contribution < 1.29 is 4.39 Å². The summed E-state index contributed by atoms with van der Waals surface area (Å²) in [6, 6.07) is 7.76. The lowest BCUT2D eigenvalue weighted by Crippen LogP contribution is -2.49. The van der Waals surface area contributed by atoms with E-state index in [-0.39, 0.29) is 5.82 Å². The van der Waals surface area contributed by atoms with Crippen LogP contribution in [0.2, 0.25) is 0 Å². The minimum atomic E-state index is -0.163. The van der Waals surface area contributed by atoms with Gasteiger partial charge in [-0.2, -0.15) is 11.3 Å². The second-order valence-corrected chi connectivity index (χ2v) is 5.74. The van der Waals surface area contributed by atoms with E-state index >= 15 is 0 Å². The Hall–Kier alpha value is -1.39. The molecule has 1 aliphatic heterocycles. The van der Waals surface area contributed by atoms with Gasteiger partial charge in [0.15, 0.2) is 0 Å². The van der Waals surface area contributed by atoms with Crippen molar-refractivity contribution >= 4 is 17.0 Å². The van der Waals surface area contributed by atoms with Crippen molar-refractivity contribution in [2.24, 2.45) is 0 Å². The van der Waals surface area contributed by atoms with Crippen molar-refractivity contribution in [3.63, 3.8) is 0 Å². The molecule has 0 radical (unpaired) electrons. The summed E-state index contributed by atoms with van der Waals surface area (Å²) in [6.07, 6.45) is 0. The van der Waals surface area contributed by atoms with Gasteiger partial charge in [-0.1, -0.05) is 0 Å². The molecule has 1 aromatic carbocycles. The van der Waals surface area contributed by atoms with Crippen molar-refractivity contribution in [1.29, 1.82) is 0 Å². The van der Waals surface area contributed by atoms with Crippen LogP contribution in [0.15, 0.2) is 35.0 Å². The van der Waals surface area contributed by atoms with Crippen molar-refractivity contribution in [3.05, 3.63) is 40.8 Å². The first kappa shape index (κ1) is 12.6. The van der Waals surface area contributed by atoms with Gasteiger partial charge < -0.3 is 10.2 Å². The fourth-order valence-corrected chi connectivity index (χ4v) is 3.22. The third-order valence-corrected chi connectivity index (χ3v) is 4.25. The van der Waals surface area contributed by atoms with Crippen LogP contribution in [0.3, 0.4) is 0 Å². The molecular weight excluding hydrogens is 259 g/mol. The minimum absolute atomic E-state index is 0.163. The topological polar surface area (TPSA) is 15.3 Å². The van der Waals surface area contributed by atoms with Gasteiger partial charge in [0.05, 0.1) is 0 Å². The fourth-order valence-electron chi connectivity index (χ4n) is 2.56. The van der Waals surface area contributed by atoms with Crippen LogP contribution in [0.5, 0.6) is 0 Å². The first-order valence-corrected chi connectivity index (χ1v) is 7.49. The van der Waals surface area contributed by atoms with E-state index in [1.54, 1.807) is 23.5 Å². The van der Waals surface area contributed by atoms with Crippen molar-refractivity contribution in [3.8, 4) is 11.1 Å². The maximum atomic E-state index is 13.9. The standard InChI is InChI=1S/C15H17FN2S/c1-11-9-17-3-4-18(11)15-7-13(6-14(16)8-15)12-2-5-19-10-12/h2,5-8,10-11,17H,3-4,9H2,1H3. The van der Waals surface area contributed by atoms with E-state index in [4.69, 9.17) is 0 Å². The predicted octanol–water partition coefficient (Wildman–Crippen LogP) is 3.35. The number of nitrogens with one attached hydrogen (secondary N) is 1. The lowest BCUT2D eigenvalue weighted by atomic mass is 10.1. The first-order valence-electron chi connectivity index (χ1n) is 6.54. The van der Waals surface area contributed by atoms with Crippen molar-refractivity contribution in [1.82, 2.24) is 5.32 Å². The summed E-state index contributed by atoms with van der Waals surface area (Å²) < 4.78 is 13.9. The average Bonchev–Trinajstić information content (AvgIpc) is 2.92. The molecule has 19 heavy (non-hydrogen) atoms. The molecular formula is C15H17FN2S. The molecule has 2 aromatic rings. The lowest BCUT2D eigenvalue weighted by Gasteiger charge is -2.36. The van der Waals surface area contributed by atoms with Gasteiger partial charge in [-0.3, -0.25) is 0 Å². The Morgan fingerprint density at radius 2 is 2.21 bits per heavy atom. The molecule has 0 amide bonds. The number of thiophene rings is 1. The molecule has 0 bridgehead atoms. The zero-order valence-corrected chi connectivity index (χ0v) is 11.7. The number of hydrogen-bond donors (Lipinski definition) is 1. The van der Waals surface area contributed by atoms with Gasteiger partial charge in [0, 0.05) is 31.4 Å². The molecule has 4 heteroatoms. The smallest absolute Gasteiger partial charge is 0.125 e. The van der Waals surface area contributed by atoms with E-state index in [0.29, 0.717) is 6.04 Å². The van der Waals surface area contributed by atoms with Crippen LogP contribution in [-0.2, 0) is 0 Å². The summed E-state index contributed by atoms with van der Waals surface area (Å²) >= 11 is 1.64. The molecule has 1 aromatic heterocycles. The Kier molecular flexibility index (Phi) is 3.53. The molecule has 2 heterocycles. The second-order valence-electron chi connectivity index (χ2n) is 4.96. The van der Waals surface area contributed by atoms with Crippen molar-refractivity contribution in [2.75, 3.05) is 24.5 Å². The van der Waals surface area contributed by atoms with Crippen LogP contribution in [0.25, 0.3) is 11.1 Å². The maximum absolute atomic E-state index is 13.9. The summed E-state index contributed by atoms with van der Waals surface area (Å²) in [4.78, 5) is 2.27. The molecule has 0 saturated carbocycles. The number of rotatable bonds is 2. The number of piperazine rings is 1. The normalized spacial score (nSPS) is 19.7. The maximum Gasteiger partial charge on any atom is 0.125 e.